The van der Waals surface area contributed by atoms with Crippen molar-refractivity contribution in [2.45, 2.75) is 56.0 Å². The molecule has 0 bridgehead atoms. The Morgan fingerprint density at radius 1 is 1.37 bits per heavy atom. The first-order chi connectivity index (χ1) is 14.4. The zero-order chi connectivity index (χ0) is 21.3. The van der Waals surface area contributed by atoms with Crippen LogP contribution in [-0.2, 0) is 16.0 Å². The number of ether oxygens (including phenoxy) is 2. The summed E-state index contributed by atoms with van der Waals surface area (Å²) in [5.74, 6) is 0.150. The number of hydrogen-bond donors (Lipinski definition) is 0. The van der Waals surface area contributed by atoms with E-state index in [0.29, 0.717) is 24.8 Å². The summed E-state index contributed by atoms with van der Waals surface area (Å²) in [6.07, 6.45) is 3.99. The van der Waals surface area contributed by atoms with Crippen LogP contribution in [0, 0.1) is 0 Å². The highest BCUT2D eigenvalue weighted by Gasteiger charge is 2.30. The summed E-state index contributed by atoms with van der Waals surface area (Å²) in [5.41, 5.74) is 2.76. The first-order valence-corrected chi connectivity index (χ1v) is 12.2. The van der Waals surface area contributed by atoms with E-state index in [1.807, 2.05) is 23.8 Å². The maximum absolute atomic E-state index is 12.7. The molecule has 1 aliphatic heterocycles. The Bertz CT molecular complexity index is 1060. The molecule has 0 aliphatic carbocycles. The molecule has 1 fully saturated rings. The summed E-state index contributed by atoms with van der Waals surface area (Å²) in [6.45, 7) is 7.75. The number of hydrogen-bond acceptors (Lipinski definition) is 7. The van der Waals surface area contributed by atoms with Gasteiger partial charge in [-0.05, 0) is 69.5 Å². The zero-order valence-electron chi connectivity index (χ0n) is 17.8. The topological polar surface area (TPSA) is 66.2 Å². The molecule has 0 N–H and O–H groups in total. The predicted octanol–water partition coefficient (Wildman–Crippen LogP) is 5.11. The van der Waals surface area contributed by atoms with Gasteiger partial charge in [-0.3, -0.25) is 0 Å². The average Bonchev–Trinajstić information content (AvgIpc) is 3.32. The van der Waals surface area contributed by atoms with Crippen molar-refractivity contribution in [3.8, 4) is 0 Å². The van der Waals surface area contributed by atoms with Crippen molar-refractivity contribution in [3.63, 3.8) is 0 Å². The van der Waals surface area contributed by atoms with Gasteiger partial charge >= 0.3 is 5.97 Å². The molecule has 0 amide bonds. The van der Waals surface area contributed by atoms with E-state index < -0.39 is 0 Å². The van der Waals surface area contributed by atoms with Crippen LogP contribution in [-0.4, -0.2) is 45.8 Å². The van der Waals surface area contributed by atoms with Gasteiger partial charge in [0, 0.05) is 17.5 Å². The quantitative estimate of drug-likeness (QED) is 0.388. The number of nitrogens with zero attached hydrogens (tertiary/aromatic N) is 3. The van der Waals surface area contributed by atoms with Crippen molar-refractivity contribution in [2.24, 2.45) is 0 Å². The number of fused-ring (bicyclic) bond motifs is 1. The third-order valence-corrected chi connectivity index (χ3v) is 7.38. The summed E-state index contributed by atoms with van der Waals surface area (Å²) in [4.78, 5) is 12.7. The number of rotatable bonds is 6. The third-order valence-electron chi connectivity index (χ3n) is 5.49. The molecule has 0 radical (unpaired) electrons. The van der Waals surface area contributed by atoms with E-state index in [0.717, 1.165) is 39.7 Å². The van der Waals surface area contributed by atoms with Gasteiger partial charge in [-0.25, -0.2) is 4.79 Å². The normalized spacial score (nSPS) is 18.6. The highest BCUT2D eigenvalue weighted by molar-refractivity contribution is 8.00. The van der Waals surface area contributed by atoms with E-state index in [2.05, 4.69) is 42.2 Å². The van der Waals surface area contributed by atoms with Crippen molar-refractivity contribution in [1.29, 1.82) is 0 Å². The van der Waals surface area contributed by atoms with Crippen molar-refractivity contribution in [3.05, 3.63) is 40.5 Å². The Balaban J connectivity index is 1.72. The van der Waals surface area contributed by atoms with Crippen LogP contribution in [0.15, 0.2) is 28.6 Å². The number of thioether (sulfide) groups is 1. The monoisotopic (exact) mass is 445 g/mol. The summed E-state index contributed by atoms with van der Waals surface area (Å²) >= 11 is 3.13. The molecule has 0 spiro atoms. The summed E-state index contributed by atoms with van der Waals surface area (Å²) in [5, 5.41) is 10.4. The molecule has 30 heavy (non-hydrogen) atoms. The van der Waals surface area contributed by atoms with Crippen molar-refractivity contribution in [1.82, 2.24) is 14.8 Å². The number of aromatic nitrogens is 3. The molecule has 1 atom stereocenters. The standard InChI is InChI=1S/C22H27N3O3S2/c1-5-27-20(26)18-11-16-10-14(15-8-9-28-22(2,3)12-15)6-7-17(16)25(18)13-19-23-24-21(29-4)30-19/h6-7,10-11,15H,5,8-9,12-13H2,1-4H3. The van der Waals surface area contributed by atoms with Gasteiger partial charge < -0.3 is 14.0 Å². The van der Waals surface area contributed by atoms with Gasteiger partial charge in [-0.1, -0.05) is 29.2 Å². The second-order valence-corrected chi connectivity index (χ2v) is 10.2. The molecule has 4 rings (SSSR count). The van der Waals surface area contributed by atoms with Crippen molar-refractivity contribution in [2.75, 3.05) is 19.5 Å². The first kappa shape index (κ1) is 21.3. The fourth-order valence-corrected chi connectivity index (χ4v) is 5.43. The van der Waals surface area contributed by atoms with E-state index in [4.69, 9.17) is 9.47 Å². The fraction of sp³-hybridized carbons (Fsp3) is 0.500. The summed E-state index contributed by atoms with van der Waals surface area (Å²) < 4.78 is 14.1. The van der Waals surface area contributed by atoms with Crippen LogP contribution >= 0.6 is 23.1 Å². The van der Waals surface area contributed by atoms with Gasteiger partial charge in [-0.2, -0.15) is 0 Å². The number of esters is 1. The Morgan fingerprint density at radius 3 is 2.90 bits per heavy atom. The van der Waals surface area contributed by atoms with Gasteiger partial charge in [0.2, 0.25) is 0 Å². The maximum Gasteiger partial charge on any atom is 0.354 e. The van der Waals surface area contributed by atoms with Gasteiger partial charge in [0.05, 0.1) is 18.8 Å². The van der Waals surface area contributed by atoms with E-state index in [9.17, 15) is 4.79 Å². The van der Waals surface area contributed by atoms with Crippen LogP contribution in [0.25, 0.3) is 10.9 Å². The van der Waals surface area contributed by atoms with Gasteiger partial charge in [0.15, 0.2) is 4.34 Å². The number of benzene rings is 1. The molecule has 160 valence electrons. The SMILES string of the molecule is CCOC(=O)c1cc2cc(C3CCOC(C)(C)C3)ccc2n1Cc1nnc(SC)s1. The van der Waals surface area contributed by atoms with Gasteiger partial charge in [-0.15, -0.1) is 10.2 Å². The molecular formula is C22H27N3O3S2. The lowest BCUT2D eigenvalue weighted by Gasteiger charge is -2.35. The third kappa shape index (κ3) is 4.40. The lowest BCUT2D eigenvalue weighted by atomic mass is 9.83. The molecule has 1 unspecified atom stereocenters. The number of carbonyl (C=O) groups excluding carboxylic acids is 1. The zero-order valence-corrected chi connectivity index (χ0v) is 19.4. The fourth-order valence-electron chi connectivity index (χ4n) is 4.12. The Kier molecular flexibility index (Phi) is 6.18. The van der Waals surface area contributed by atoms with Crippen molar-refractivity contribution < 1.29 is 14.3 Å². The van der Waals surface area contributed by atoms with Crippen LogP contribution in [0.2, 0.25) is 0 Å². The Morgan fingerprint density at radius 2 is 2.20 bits per heavy atom. The van der Waals surface area contributed by atoms with Crippen LogP contribution in [0.5, 0.6) is 0 Å². The van der Waals surface area contributed by atoms with E-state index in [1.165, 1.54) is 5.56 Å². The molecule has 3 heterocycles. The minimum absolute atomic E-state index is 0.104. The lowest BCUT2D eigenvalue weighted by Crippen LogP contribution is -2.32. The lowest BCUT2D eigenvalue weighted by molar-refractivity contribution is -0.0592. The molecular weight excluding hydrogens is 418 g/mol. The highest BCUT2D eigenvalue weighted by atomic mass is 32.2. The van der Waals surface area contributed by atoms with Gasteiger partial charge in [0.1, 0.15) is 10.7 Å². The average molecular weight is 446 g/mol. The summed E-state index contributed by atoms with van der Waals surface area (Å²) in [6, 6.07) is 8.46. The molecule has 1 aliphatic rings. The first-order valence-electron chi connectivity index (χ1n) is 10.2. The largest absolute Gasteiger partial charge is 0.461 e. The molecule has 0 saturated carbocycles. The molecule has 6 nitrogen and oxygen atoms in total. The Labute approximate surface area is 185 Å². The molecule has 1 saturated heterocycles. The summed E-state index contributed by atoms with van der Waals surface area (Å²) in [7, 11) is 0. The second kappa shape index (κ2) is 8.69. The molecule has 8 heteroatoms. The van der Waals surface area contributed by atoms with Crippen LogP contribution < -0.4 is 0 Å². The Hall–Kier alpha value is -1.90. The molecule has 1 aromatic carbocycles. The smallest absolute Gasteiger partial charge is 0.354 e. The second-order valence-electron chi connectivity index (χ2n) is 8.12. The molecule has 2 aromatic heterocycles. The van der Waals surface area contributed by atoms with E-state index >= 15 is 0 Å². The number of carbonyl (C=O) groups is 1. The van der Waals surface area contributed by atoms with Crippen molar-refractivity contribution >= 4 is 40.0 Å². The van der Waals surface area contributed by atoms with Crippen LogP contribution in [0.4, 0.5) is 0 Å². The van der Waals surface area contributed by atoms with Gasteiger partial charge in [0.25, 0.3) is 0 Å². The minimum Gasteiger partial charge on any atom is -0.461 e. The molecule has 3 aromatic rings. The van der Waals surface area contributed by atoms with E-state index in [-0.39, 0.29) is 11.6 Å². The maximum atomic E-state index is 12.7. The van der Waals surface area contributed by atoms with Crippen LogP contribution in [0.3, 0.4) is 0 Å². The highest BCUT2D eigenvalue weighted by Crippen LogP contribution is 2.37. The van der Waals surface area contributed by atoms with Crippen LogP contribution in [0.1, 0.15) is 60.6 Å². The van der Waals surface area contributed by atoms with E-state index in [1.54, 1.807) is 23.1 Å². The minimum atomic E-state index is -0.308. The predicted molar refractivity (Wildman–Crippen MR) is 121 cm³/mol.